The summed E-state index contributed by atoms with van der Waals surface area (Å²) in [6, 6.07) is 10.1. The van der Waals surface area contributed by atoms with Crippen LogP contribution in [0, 0.1) is 20.8 Å². The van der Waals surface area contributed by atoms with Gasteiger partial charge in [-0.1, -0.05) is 18.2 Å². The second kappa shape index (κ2) is 7.51. The molecule has 1 amide bonds. The van der Waals surface area contributed by atoms with Crippen LogP contribution in [0.3, 0.4) is 0 Å². The van der Waals surface area contributed by atoms with E-state index in [1.807, 2.05) is 47.5 Å². The molecule has 0 saturated carbocycles. The Balaban J connectivity index is 1.82. The van der Waals surface area contributed by atoms with Gasteiger partial charge in [0.1, 0.15) is 5.82 Å². The summed E-state index contributed by atoms with van der Waals surface area (Å²) in [6.45, 7) is 6.89. The lowest BCUT2D eigenvalue weighted by Crippen LogP contribution is -2.14. The molecule has 3 aromatic rings. The Hall–Kier alpha value is -2.96. The Labute approximate surface area is 152 Å². The number of para-hydroxylation sites is 1. The number of carbonyl (C=O) groups is 1. The van der Waals surface area contributed by atoms with E-state index in [-0.39, 0.29) is 6.42 Å². The second-order valence-corrected chi connectivity index (χ2v) is 6.54. The number of primary amides is 1. The van der Waals surface area contributed by atoms with Gasteiger partial charge in [-0.25, -0.2) is 9.67 Å². The molecule has 7 nitrogen and oxygen atoms in total. The molecule has 2 N–H and O–H groups in total. The summed E-state index contributed by atoms with van der Waals surface area (Å²) in [4.78, 5) is 15.8. The third-order valence-electron chi connectivity index (χ3n) is 4.27. The topological polar surface area (TPSA) is 91.6 Å². The molecule has 0 saturated heterocycles. The standard InChI is InChI=1S/C19H24N6O/c1-13-7-4-5-8-16(13)25-19(21-18(23-25)12-17(20)26)9-6-10-24-15(3)11-14(2)22-24/h4-5,7-8,11H,6,9-10,12H2,1-3H3,(H2,20,26). The molecule has 0 aliphatic heterocycles. The summed E-state index contributed by atoms with van der Waals surface area (Å²) in [5.41, 5.74) is 9.55. The van der Waals surface area contributed by atoms with Gasteiger partial charge in [-0.05, 0) is 44.9 Å². The number of nitrogens with two attached hydrogens (primary N) is 1. The lowest BCUT2D eigenvalue weighted by atomic mass is 10.2. The number of rotatable bonds is 7. The van der Waals surface area contributed by atoms with Gasteiger partial charge in [0.2, 0.25) is 5.91 Å². The maximum absolute atomic E-state index is 11.3. The van der Waals surface area contributed by atoms with Crippen molar-refractivity contribution >= 4 is 5.91 Å². The molecule has 0 aliphatic carbocycles. The van der Waals surface area contributed by atoms with Crippen LogP contribution in [0.15, 0.2) is 30.3 Å². The van der Waals surface area contributed by atoms with Crippen molar-refractivity contribution in [2.75, 3.05) is 0 Å². The molecule has 0 aliphatic rings. The molecule has 2 heterocycles. The number of hydrogen-bond donors (Lipinski definition) is 1. The van der Waals surface area contributed by atoms with Crippen LogP contribution in [0.1, 0.15) is 35.0 Å². The lowest BCUT2D eigenvalue weighted by molar-refractivity contribution is -0.117. The van der Waals surface area contributed by atoms with Crippen LogP contribution in [0.25, 0.3) is 5.69 Å². The first-order valence-corrected chi connectivity index (χ1v) is 8.74. The number of aryl methyl sites for hydroxylation is 5. The van der Waals surface area contributed by atoms with E-state index in [1.165, 1.54) is 0 Å². The quantitative estimate of drug-likeness (QED) is 0.704. The molecule has 2 aromatic heterocycles. The largest absolute Gasteiger partial charge is 0.369 e. The number of amides is 1. The molecular weight excluding hydrogens is 328 g/mol. The third-order valence-corrected chi connectivity index (χ3v) is 4.27. The van der Waals surface area contributed by atoms with Crippen molar-refractivity contribution in [2.45, 2.75) is 46.6 Å². The van der Waals surface area contributed by atoms with Crippen molar-refractivity contribution in [1.29, 1.82) is 0 Å². The minimum atomic E-state index is -0.430. The Morgan fingerprint density at radius 3 is 2.58 bits per heavy atom. The minimum absolute atomic E-state index is 0.0450. The first-order chi connectivity index (χ1) is 12.4. The zero-order valence-corrected chi connectivity index (χ0v) is 15.4. The number of nitrogens with zero attached hydrogens (tertiary/aromatic N) is 5. The van der Waals surface area contributed by atoms with Crippen LogP contribution >= 0.6 is 0 Å². The first-order valence-electron chi connectivity index (χ1n) is 8.74. The van der Waals surface area contributed by atoms with Crippen molar-refractivity contribution in [3.63, 3.8) is 0 Å². The van der Waals surface area contributed by atoms with Gasteiger partial charge in [-0.15, -0.1) is 0 Å². The van der Waals surface area contributed by atoms with E-state index in [9.17, 15) is 4.79 Å². The Morgan fingerprint density at radius 1 is 1.15 bits per heavy atom. The highest BCUT2D eigenvalue weighted by molar-refractivity contribution is 5.75. The fourth-order valence-corrected chi connectivity index (χ4v) is 3.07. The van der Waals surface area contributed by atoms with E-state index in [0.717, 1.165) is 47.8 Å². The molecule has 0 spiro atoms. The molecule has 136 valence electrons. The summed E-state index contributed by atoms with van der Waals surface area (Å²) in [6.07, 6.45) is 1.66. The zero-order chi connectivity index (χ0) is 18.7. The van der Waals surface area contributed by atoms with Crippen LogP contribution < -0.4 is 5.73 Å². The van der Waals surface area contributed by atoms with E-state index in [4.69, 9.17) is 5.73 Å². The summed E-state index contributed by atoms with van der Waals surface area (Å²) in [5.74, 6) is 0.861. The third kappa shape index (κ3) is 3.99. The van der Waals surface area contributed by atoms with Crippen molar-refractivity contribution in [3.8, 4) is 5.69 Å². The van der Waals surface area contributed by atoms with Crippen LogP contribution in [-0.2, 0) is 24.2 Å². The average Bonchev–Trinajstić information content (AvgIpc) is 3.10. The Bertz CT molecular complexity index is 924. The van der Waals surface area contributed by atoms with Crippen LogP contribution in [0.5, 0.6) is 0 Å². The monoisotopic (exact) mass is 352 g/mol. The smallest absolute Gasteiger partial charge is 0.225 e. The Kier molecular flexibility index (Phi) is 5.16. The van der Waals surface area contributed by atoms with Gasteiger partial charge >= 0.3 is 0 Å². The van der Waals surface area contributed by atoms with Gasteiger partial charge in [0.25, 0.3) is 0 Å². The number of aromatic nitrogens is 5. The molecule has 0 atom stereocenters. The summed E-state index contributed by atoms with van der Waals surface area (Å²) >= 11 is 0. The molecular formula is C19H24N6O. The SMILES string of the molecule is Cc1cc(C)n(CCCc2nc(CC(N)=O)nn2-c2ccccc2C)n1. The maximum atomic E-state index is 11.3. The minimum Gasteiger partial charge on any atom is -0.369 e. The highest BCUT2D eigenvalue weighted by Gasteiger charge is 2.14. The first kappa shape index (κ1) is 17.8. The van der Waals surface area contributed by atoms with Gasteiger partial charge < -0.3 is 5.73 Å². The van der Waals surface area contributed by atoms with Crippen LogP contribution in [0.2, 0.25) is 0 Å². The molecule has 0 radical (unpaired) electrons. The summed E-state index contributed by atoms with van der Waals surface area (Å²) < 4.78 is 3.84. The molecule has 3 rings (SSSR count). The fraction of sp³-hybridized carbons (Fsp3) is 0.368. The predicted molar refractivity (Wildman–Crippen MR) is 99.0 cm³/mol. The maximum Gasteiger partial charge on any atom is 0.225 e. The van der Waals surface area contributed by atoms with Gasteiger partial charge in [0.15, 0.2) is 5.82 Å². The normalized spacial score (nSPS) is 11.0. The predicted octanol–water partition coefficient (Wildman–Crippen LogP) is 2.05. The van der Waals surface area contributed by atoms with Crippen LogP contribution in [-0.4, -0.2) is 30.5 Å². The zero-order valence-electron chi connectivity index (χ0n) is 15.4. The fourth-order valence-electron chi connectivity index (χ4n) is 3.07. The van der Waals surface area contributed by atoms with E-state index in [0.29, 0.717) is 5.82 Å². The number of benzene rings is 1. The number of hydrogen-bond acceptors (Lipinski definition) is 4. The second-order valence-electron chi connectivity index (χ2n) is 6.54. The van der Waals surface area contributed by atoms with Gasteiger partial charge in [-0.2, -0.15) is 10.2 Å². The van der Waals surface area contributed by atoms with Gasteiger partial charge in [-0.3, -0.25) is 9.48 Å². The molecule has 0 unspecified atom stereocenters. The summed E-state index contributed by atoms with van der Waals surface area (Å²) in [5, 5.41) is 9.00. The van der Waals surface area contributed by atoms with Crippen molar-refractivity contribution in [1.82, 2.24) is 24.5 Å². The van der Waals surface area contributed by atoms with Gasteiger partial charge in [0, 0.05) is 18.7 Å². The number of carbonyl (C=O) groups excluding carboxylic acids is 1. The van der Waals surface area contributed by atoms with Crippen LogP contribution in [0.4, 0.5) is 0 Å². The van der Waals surface area contributed by atoms with E-state index in [2.05, 4.69) is 28.2 Å². The van der Waals surface area contributed by atoms with E-state index in [1.54, 1.807) is 0 Å². The molecule has 1 aromatic carbocycles. The Morgan fingerprint density at radius 2 is 1.92 bits per heavy atom. The van der Waals surface area contributed by atoms with Crippen molar-refractivity contribution < 1.29 is 4.79 Å². The summed E-state index contributed by atoms with van der Waals surface area (Å²) in [7, 11) is 0. The highest BCUT2D eigenvalue weighted by atomic mass is 16.1. The van der Waals surface area contributed by atoms with E-state index >= 15 is 0 Å². The van der Waals surface area contributed by atoms with Gasteiger partial charge in [0.05, 0.1) is 17.8 Å². The molecule has 0 bridgehead atoms. The highest BCUT2D eigenvalue weighted by Crippen LogP contribution is 2.16. The lowest BCUT2D eigenvalue weighted by Gasteiger charge is -2.09. The molecule has 7 heteroatoms. The molecule has 26 heavy (non-hydrogen) atoms. The van der Waals surface area contributed by atoms with E-state index < -0.39 is 5.91 Å². The van der Waals surface area contributed by atoms with Crippen molar-refractivity contribution in [3.05, 3.63) is 58.9 Å². The average molecular weight is 352 g/mol. The van der Waals surface area contributed by atoms with Crippen molar-refractivity contribution in [2.24, 2.45) is 5.73 Å². The molecule has 0 fully saturated rings.